The third-order valence-corrected chi connectivity index (χ3v) is 8.23. The maximum absolute atomic E-state index is 13.9. The molecule has 3 aromatic carbocycles. The summed E-state index contributed by atoms with van der Waals surface area (Å²) in [6, 6.07) is 15.1. The molecule has 0 saturated carbocycles. The number of hydrogen-bond acceptors (Lipinski definition) is 4. The molecule has 2 aliphatic heterocycles. The fourth-order valence-electron chi connectivity index (χ4n) is 4.45. The van der Waals surface area contributed by atoms with Crippen molar-refractivity contribution in [1.29, 1.82) is 0 Å². The summed E-state index contributed by atoms with van der Waals surface area (Å²) in [5, 5.41) is -0.318. The number of anilines is 2. The first-order chi connectivity index (χ1) is 15.7. The van der Waals surface area contributed by atoms with E-state index in [1.807, 2.05) is 0 Å². The lowest BCUT2D eigenvalue weighted by Crippen LogP contribution is -2.54. The van der Waals surface area contributed by atoms with E-state index in [2.05, 4.69) is 0 Å². The number of amides is 2. The van der Waals surface area contributed by atoms with Crippen LogP contribution in [0.1, 0.15) is 11.1 Å². The van der Waals surface area contributed by atoms with Crippen LogP contribution in [0.5, 0.6) is 0 Å². The topological polar surface area (TPSA) is 74.8 Å². The number of carbonyl (C=O) groups is 2. The minimum absolute atomic E-state index is 0.0146. The fraction of sp³-hybridized carbons (Fsp3) is 0.130. The summed E-state index contributed by atoms with van der Waals surface area (Å²) in [4.78, 5) is 26.7. The zero-order chi connectivity index (χ0) is 23.5. The van der Waals surface area contributed by atoms with Crippen LogP contribution in [-0.4, -0.2) is 26.0 Å². The molecule has 0 aliphatic carbocycles. The third kappa shape index (κ3) is 2.99. The van der Waals surface area contributed by atoms with Crippen LogP contribution in [-0.2, 0) is 30.8 Å². The van der Waals surface area contributed by atoms with Crippen molar-refractivity contribution in [3.8, 4) is 0 Å². The van der Waals surface area contributed by atoms with Gasteiger partial charge in [0, 0.05) is 11.3 Å². The first-order valence-corrected chi connectivity index (χ1v) is 11.9. The fourth-order valence-corrected chi connectivity index (χ4v) is 6.65. The molecule has 1 fully saturated rings. The predicted octanol–water partition coefficient (Wildman–Crippen LogP) is 3.78. The average Bonchev–Trinajstić information content (AvgIpc) is 3.14. The van der Waals surface area contributed by atoms with E-state index in [1.54, 1.807) is 18.2 Å². The van der Waals surface area contributed by atoms with Gasteiger partial charge in [-0.05, 0) is 42.0 Å². The second-order valence-electron chi connectivity index (χ2n) is 7.77. The Hall–Kier alpha value is -3.30. The first kappa shape index (κ1) is 21.5. The van der Waals surface area contributed by atoms with Crippen molar-refractivity contribution in [3.05, 3.63) is 94.5 Å². The molecule has 1 atom stereocenters. The summed E-state index contributed by atoms with van der Waals surface area (Å²) < 4.78 is 54.1. The van der Waals surface area contributed by atoms with Crippen LogP contribution in [0.25, 0.3) is 0 Å². The van der Waals surface area contributed by atoms with E-state index >= 15 is 0 Å². The van der Waals surface area contributed by atoms with Gasteiger partial charge < -0.3 is 4.90 Å². The van der Waals surface area contributed by atoms with E-state index in [9.17, 15) is 26.8 Å². The van der Waals surface area contributed by atoms with Crippen molar-refractivity contribution >= 4 is 44.6 Å². The number of carbonyl (C=O) groups excluding carboxylic acids is 2. The minimum Gasteiger partial charge on any atom is -0.304 e. The number of sulfone groups is 1. The normalized spacial score (nSPS) is 21.2. The van der Waals surface area contributed by atoms with E-state index in [-0.39, 0.29) is 22.8 Å². The number of rotatable bonds is 3. The highest BCUT2D eigenvalue weighted by Crippen LogP contribution is 2.53. The number of para-hydroxylation sites is 1. The van der Waals surface area contributed by atoms with Gasteiger partial charge in [-0.1, -0.05) is 41.9 Å². The lowest BCUT2D eigenvalue weighted by atomic mass is 10.0. The lowest BCUT2D eigenvalue weighted by molar-refractivity contribution is -0.123. The number of hydrogen-bond donors (Lipinski definition) is 0. The summed E-state index contributed by atoms with van der Waals surface area (Å²) in [5.41, 5.74) is 0.973. The molecule has 5 rings (SSSR count). The molecule has 6 nitrogen and oxygen atoms in total. The molecule has 1 saturated heterocycles. The summed E-state index contributed by atoms with van der Waals surface area (Å²) in [5.74, 6) is -3.78. The number of nitrogens with zero attached hydrogens (tertiary/aromatic N) is 2. The summed E-state index contributed by atoms with van der Waals surface area (Å²) in [6.07, 6.45) is 0. The summed E-state index contributed by atoms with van der Waals surface area (Å²) >= 11 is 5.90. The van der Waals surface area contributed by atoms with Gasteiger partial charge in [0.25, 0.3) is 10.8 Å². The van der Waals surface area contributed by atoms with Gasteiger partial charge in [0.2, 0.25) is 5.91 Å². The van der Waals surface area contributed by atoms with Crippen LogP contribution >= 0.6 is 11.6 Å². The van der Waals surface area contributed by atoms with E-state index in [0.717, 1.165) is 17.0 Å². The van der Waals surface area contributed by atoms with Crippen LogP contribution in [0.15, 0.2) is 66.7 Å². The van der Waals surface area contributed by atoms with E-state index in [0.29, 0.717) is 11.3 Å². The van der Waals surface area contributed by atoms with Gasteiger partial charge in [-0.3, -0.25) is 14.5 Å². The number of benzene rings is 3. The molecule has 0 N–H and O–H groups in total. The second kappa shape index (κ2) is 7.36. The predicted molar refractivity (Wildman–Crippen MR) is 118 cm³/mol. The Kier molecular flexibility index (Phi) is 4.80. The quantitative estimate of drug-likeness (QED) is 0.562. The highest BCUT2D eigenvalue weighted by molar-refractivity contribution is 7.94. The molecular weight excluding hydrogens is 474 g/mol. The molecule has 33 heavy (non-hydrogen) atoms. The Bertz CT molecular complexity index is 1430. The van der Waals surface area contributed by atoms with Crippen molar-refractivity contribution in [2.45, 2.75) is 11.4 Å². The third-order valence-electron chi connectivity index (χ3n) is 5.84. The zero-order valence-corrected chi connectivity index (χ0v) is 18.4. The van der Waals surface area contributed by atoms with E-state index in [1.165, 1.54) is 41.3 Å². The van der Waals surface area contributed by atoms with Crippen molar-refractivity contribution in [2.75, 3.05) is 15.6 Å². The van der Waals surface area contributed by atoms with Crippen molar-refractivity contribution in [1.82, 2.24) is 0 Å². The van der Waals surface area contributed by atoms with Crippen LogP contribution in [0, 0.1) is 11.6 Å². The van der Waals surface area contributed by atoms with Gasteiger partial charge in [0.1, 0.15) is 17.4 Å². The van der Waals surface area contributed by atoms with Crippen LogP contribution < -0.4 is 9.80 Å². The van der Waals surface area contributed by atoms with E-state index < -0.39 is 43.9 Å². The zero-order valence-electron chi connectivity index (χ0n) is 16.8. The molecule has 2 heterocycles. The van der Waals surface area contributed by atoms with Gasteiger partial charge >= 0.3 is 0 Å². The largest absolute Gasteiger partial charge is 0.304 e. The van der Waals surface area contributed by atoms with Crippen molar-refractivity contribution < 1.29 is 26.8 Å². The van der Waals surface area contributed by atoms with Crippen molar-refractivity contribution in [2.24, 2.45) is 0 Å². The van der Waals surface area contributed by atoms with Crippen molar-refractivity contribution in [3.63, 3.8) is 0 Å². The molecule has 0 unspecified atom stereocenters. The molecule has 1 spiro atoms. The molecule has 0 aromatic heterocycles. The molecule has 168 valence electrons. The summed E-state index contributed by atoms with van der Waals surface area (Å²) in [6.45, 7) is -0.0421. The van der Waals surface area contributed by atoms with Crippen LogP contribution in [0.4, 0.5) is 20.2 Å². The molecule has 0 radical (unpaired) electrons. The van der Waals surface area contributed by atoms with Crippen LogP contribution in [0.2, 0.25) is 5.02 Å². The Morgan fingerprint density at radius 1 is 0.970 bits per heavy atom. The Morgan fingerprint density at radius 2 is 1.67 bits per heavy atom. The Labute approximate surface area is 192 Å². The minimum atomic E-state index is -4.36. The Balaban J connectivity index is 1.73. The Morgan fingerprint density at radius 3 is 2.36 bits per heavy atom. The smallest absolute Gasteiger partial charge is 0.274 e. The lowest BCUT2D eigenvalue weighted by Gasteiger charge is -2.32. The molecular formula is C23H15ClF2N2O4S. The monoisotopic (exact) mass is 488 g/mol. The maximum Gasteiger partial charge on any atom is 0.274 e. The maximum atomic E-state index is 13.9. The molecule has 0 bridgehead atoms. The van der Waals surface area contributed by atoms with Gasteiger partial charge in [-0.15, -0.1) is 0 Å². The second-order valence-corrected chi connectivity index (χ2v) is 10.3. The summed E-state index contributed by atoms with van der Waals surface area (Å²) in [7, 11) is -4.36. The van der Waals surface area contributed by atoms with Gasteiger partial charge in [0.05, 0.1) is 17.3 Å². The highest BCUT2D eigenvalue weighted by Gasteiger charge is 2.69. The molecule has 10 heteroatoms. The number of halogens is 3. The molecule has 3 aromatic rings. The molecule has 2 aliphatic rings. The van der Waals surface area contributed by atoms with Gasteiger partial charge in [0.15, 0.2) is 9.84 Å². The highest BCUT2D eigenvalue weighted by atomic mass is 35.5. The SMILES string of the molecule is O=C1CS(=O)(=O)[C@]2(C(=O)N(Cc3ccc(F)cc3)c3ccccc32)N1c1ccc(F)c(Cl)c1. The molecule has 2 amide bonds. The van der Waals surface area contributed by atoms with Crippen LogP contribution in [0.3, 0.4) is 0 Å². The number of fused-ring (bicyclic) bond motifs is 2. The average molecular weight is 489 g/mol. The van der Waals surface area contributed by atoms with Gasteiger partial charge in [-0.25, -0.2) is 17.2 Å². The standard InChI is InChI=1S/C23H15ClF2N2O4S/c24-18-11-16(9-10-19(18)26)28-21(29)13-33(31,32)23(28)17-3-1-2-4-20(17)27(22(23)30)12-14-5-7-15(25)8-6-14/h1-11H,12-13H2/t23-/m1/s1. The first-order valence-electron chi connectivity index (χ1n) is 9.83. The van der Waals surface area contributed by atoms with Gasteiger partial charge in [-0.2, -0.15) is 0 Å². The van der Waals surface area contributed by atoms with E-state index in [4.69, 9.17) is 11.6 Å².